The van der Waals surface area contributed by atoms with Crippen LogP contribution in [-0.2, 0) is 10.2 Å². The minimum Gasteiger partial charge on any atom is -0.443 e. The number of amides is 1. The monoisotopic (exact) mass is 439 g/mol. The van der Waals surface area contributed by atoms with Crippen LogP contribution >= 0.6 is 11.8 Å². The Labute approximate surface area is 188 Å². The van der Waals surface area contributed by atoms with Gasteiger partial charge in [-0.25, -0.2) is 9.79 Å². The number of amidine groups is 1. The molecule has 31 heavy (non-hydrogen) atoms. The molecule has 2 heterocycles. The number of rotatable bonds is 2. The van der Waals surface area contributed by atoms with Crippen LogP contribution in [0.2, 0.25) is 0 Å². The van der Waals surface area contributed by atoms with Gasteiger partial charge >= 0.3 is 6.09 Å². The molecule has 0 spiro atoms. The number of nitrogens with zero attached hydrogens (tertiary/aromatic N) is 5. The Morgan fingerprint density at radius 3 is 2.35 bits per heavy atom. The second kappa shape index (κ2) is 9.53. The molecule has 0 N–H and O–H groups in total. The van der Waals surface area contributed by atoms with Crippen molar-refractivity contribution in [3.8, 4) is 12.1 Å². The SMILES string of the molecule is CC1CS/C(=N\C(=C(C#N)C#N)c2ccc(C(C)(C)C)nc2)N(C(=O)OC(C)(C)C)C1. The van der Waals surface area contributed by atoms with Crippen molar-refractivity contribution in [2.75, 3.05) is 12.3 Å². The predicted octanol–water partition coefficient (Wildman–Crippen LogP) is 5.11. The Bertz CT molecular complexity index is 954. The standard InChI is InChI=1S/C23H29N5O2S/c1-15-13-28(21(29)30-23(5,6)7)20(31-14-15)27-19(17(10-24)11-25)16-8-9-18(26-12-16)22(2,3)4/h8-9,12,15H,13-14H2,1-7H3/b27-20-. The van der Waals surface area contributed by atoms with E-state index in [1.54, 1.807) is 33.0 Å². The summed E-state index contributed by atoms with van der Waals surface area (Å²) < 4.78 is 5.54. The number of hydrogen-bond acceptors (Lipinski definition) is 7. The van der Waals surface area contributed by atoms with Crippen LogP contribution in [0.4, 0.5) is 4.79 Å². The van der Waals surface area contributed by atoms with Crippen LogP contribution in [0.25, 0.3) is 5.70 Å². The van der Waals surface area contributed by atoms with E-state index in [0.717, 1.165) is 11.4 Å². The number of carbonyl (C=O) groups excluding carboxylic acids is 1. The normalized spacial score (nSPS) is 18.2. The molecule has 0 aliphatic carbocycles. The lowest BCUT2D eigenvalue weighted by Crippen LogP contribution is -2.45. The van der Waals surface area contributed by atoms with Crippen LogP contribution in [0.15, 0.2) is 28.9 Å². The van der Waals surface area contributed by atoms with Crippen molar-refractivity contribution in [3.05, 3.63) is 35.2 Å². The zero-order valence-electron chi connectivity index (χ0n) is 19.2. The van der Waals surface area contributed by atoms with Gasteiger partial charge in [-0.15, -0.1) is 0 Å². The van der Waals surface area contributed by atoms with Gasteiger partial charge in [0, 0.05) is 35.2 Å². The predicted molar refractivity (Wildman–Crippen MR) is 123 cm³/mol. The Morgan fingerprint density at radius 1 is 1.23 bits per heavy atom. The van der Waals surface area contributed by atoms with Crippen molar-refractivity contribution < 1.29 is 9.53 Å². The maximum atomic E-state index is 12.8. The third-order valence-electron chi connectivity index (χ3n) is 4.31. The molecule has 1 saturated heterocycles. The van der Waals surface area contributed by atoms with E-state index in [1.165, 1.54) is 16.7 Å². The van der Waals surface area contributed by atoms with Crippen molar-refractivity contribution in [1.29, 1.82) is 10.5 Å². The number of carbonyl (C=O) groups is 1. The van der Waals surface area contributed by atoms with Crippen molar-refractivity contribution in [1.82, 2.24) is 9.88 Å². The van der Waals surface area contributed by atoms with Crippen molar-refractivity contribution in [2.24, 2.45) is 10.9 Å². The fourth-order valence-corrected chi connectivity index (χ4v) is 3.77. The summed E-state index contributed by atoms with van der Waals surface area (Å²) in [5, 5.41) is 19.4. The van der Waals surface area contributed by atoms with Crippen LogP contribution in [0.3, 0.4) is 0 Å². The maximum absolute atomic E-state index is 12.8. The quantitative estimate of drug-likeness (QED) is 0.593. The zero-order chi connectivity index (χ0) is 23.4. The average Bonchev–Trinajstić information content (AvgIpc) is 2.67. The highest BCUT2D eigenvalue weighted by atomic mass is 32.2. The molecule has 164 valence electrons. The smallest absolute Gasteiger partial charge is 0.416 e. The Morgan fingerprint density at radius 2 is 1.87 bits per heavy atom. The van der Waals surface area contributed by atoms with Crippen LogP contribution in [0, 0.1) is 28.6 Å². The topological polar surface area (TPSA) is 102 Å². The molecular formula is C23H29N5O2S. The minimum absolute atomic E-state index is 0.134. The summed E-state index contributed by atoms with van der Waals surface area (Å²) >= 11 is 1.40. The van der Waals surface area contributed by atoms with Gasteiger partial charge in [0.2, 0.25) is 0 Å². The van der Waals surface area contributed by atoms with E-state index in [0.29, 0.717) is 17.3 Å². The van der Waals surface area contributed by atoms with E-state index < -0.39 is 11.7 Å². The molecule has 8 heteroatoms. The number of nitriles is 2. The third-order valence-corrected chi connectivity index (χ3v) is 5.61. The highest BCUT2D eigenvalue weighted by Crippen LogP contribution is 2.29. The van der Waals surface area contributed by atoms with Crippen LogP contribution < -0.4 is 0 Å². The maximum Gasteiger partial charge on any atom is 0.416 e. The van der Waals surface area contributed by atoms with Gasteiger partial charge in [0.05, 0.1) is 0 Å². The summed E-state index contributed by atoms with van der Waals surface area (Å²) in [6.07, 6.45) is 1.11. The van der Waals surface area contributed by atoms with Gasteiger partial charge in [-0.3, -0.25) is 9.88 Å². The molecule has 7 nitrogen and oxygen atoms in total. The van der Waals surface area contributed by atoms with Crippen LogP contribution in [-0.4, -0.2) is 39.0 Å². The second-order valence-electron chi connectivity index (χ2n) is 9.53. The molecule has 1 aromatic heterocycles. The van der Waals surface area contributed by atoms with Gasteiger partial charge in [-0.05, 0) is 38.8 Å². The third kappa shape index (κ3) is 6.57. The summed E-state index contributed by atoms with van der Waals surface area (Å²) in [6, 6.07) is 7.50. The van der Waals surface area contributed by atoms with Crippen molar-refractivity contribution in [2.45, 2.75) is 59.5 Å². The Balaban J connectivity index is 2.54. The van der Waals surface area contributed by atoms with E-state index in [4.69, 9.17) is 4.74 Å². The first kappa shape index (κ1) is 24.4. The molecule has 1 unspecified atom stereocenters. The zero-order valence-corrected chi connectivity index (χ0v) is 20.0. The molecule has 1 aromatic rings. The van der Waals surface area contributed by atoms with E-state index >= 15 is 0 Å². The molecule has 0 aromatic carbocycles. The summed E-state index contributed by atoms with van der Waals surface area (Å²) in [6.45, 7) is 14.1. The molecule has 0 bridgehead atoms. The van der Waals surface area contributed by atoms with E-state index in [1.807, 2.05) is 25.1 Å². The fraction of sp³-hybridized carbons (Fsp3) is 0.522. The Kier molecular flexibility index (Phi) is 7.51. The highest BCUT2D eigenvalue weighted by Gasteiger charge is 2.32. The van der Waals surface area contributed by atoms with Gasteiger partial charge < -0.3 is 4.74 Å². The molecule has 0 saturated carbocycles. The average molecular weight is 440 g/mol. The van der Waals surface area contributed by atoms with Crippen molar-refractivity contribution >= 4 is 28.7 Å². The van der Waals surface area contributed by atoms with Crippen LogP contribution in [0.1, 0.15) is 59.7 Å². The first-order valence-corrected chi connectivity index (χ1v) is 11.1. The van der Waals surface area contributed by atoms with Gasteiger partial charge in [-0.1, -0.05) is 39.5 Å². The van der Waals surface area contributed by atoms with Gasteiger partial charge in [-0.2, -0.15) is 10.5 Å². The lowest BCUT2D eigenvalue weighted by Gasteiger charge is -2.33. The summed E-state index contributed by atoms with van der Waals surface area (Å²) in [5.74, 6) is 1.02. The highest BCUT2D eigenvalue weighted by molar-refractivity contribution is 8.13. The second-order valence-corrected chi connectivity index (χ2v) is 10.5. The van der Waals surface area contributed by atoms with Gasteiger partial charge in [0.1, 0.15) is 23.4 Å². The number of allylic oxidation sites excluding steroid dienone is 1. The minimum atomic E-state index is -0.649. The molecule has 1 aliphatic rings. The molecule has 1 fully saturated rings. The van der Waals surface area contributed by atoms with Crippen LogP contribution in [0.5, 0.6) is 0 Å². The molecule has 1 amide bonds. The fourth-order valence-electron chi connectivity index (χ4n) is 2.77. The van der Waals surface area contributed by atoms with E-state index in [9.17, 15) is 15.3 Å². The summed E-state index contributed by atoms with van der Waals surface area (Å²) in [5.41, 5.74) is 0.704. The molecule has 1 atom stereocenters. The number of aromatic nitrogens is 1. The summed E-state index contributed by atoms with van der Waals surface area (Å²) in [4.78, 5) is 23.4. The molecule has 1 aliphatic heterocycles. The number of hydrogen-bond donors (Lipinski definition) is 0. The lowest BCUT2D eigenvalue weighted by atomic mass is 9.91. The van der Waals surface area contributed by atoms with E-state index in [2.05, 4.69) is 30.7 Å². The number of ether oxygens (including phenoxy) is 1. The first-order chi connectivity index (χ1) is 14.4. The Hall–Kier alpha value is -2.84. The van der Waals surface area contributed by atoms with Crippen molar-refractivity contribution in [3.63, 3.8) is 0 Å². The van der Waals surface area contributed by atoms with Gasteiger partial charge in [0.25, 0.3) is 0 Å². The van der Waals surface area contributed by atoms with E-state index in [-0.39, 0.29) is 22.6 Å². The first-order valence-electron chi connectivity index (χ1n) is 10.1. The number of aliphatic imine (C=N–C) groups is 1. The number of thioether (sulfide) groups is 1. The number of pyridine rings is 1. The largest absolute Gasteiger partial charge is 0.443 e. The summed E-state index contributed by atoms with van der Waals surface area (Å²) in [7, 11) is 0. The molecule has 0 radical (unpaired) electrons. The lowest BCUT2D eigenvalue weighted by molar-refractivity contribution is 0.0358. The van der Waals surface area contributed by atoms with Gasteiger partial charge in [0.15, 0.2) is 10.7 Å². The molecular weight excluding hydrogens is 410 g/mol. The molecule has 2 rings (SSSR count).